The van der Waals surface area contributed by atoms with Crippen LogP contribution >= 0.6 is 15.9 Å². The van der Waals surface area contributed by atoms with E-state index in [2.05, 4.69) is 21.2 Å². The summed E-state index contributed by atoms with van der Waals surface area (Å²) in [6.45, 7) is 0.00471. The molecule has 0 heterocycles. The van der Waals surface area contributed by atoms with Gasteiger partial charge in [-0.2, -0.15) is 0 Å². The Balaban J connectivity index is 2.21. The Hall–Kier alpha value is -1.69. The van der Waals surface area contributed by atoms with Crippen LogP contribution in [0.5, 0.6) is 5.75 Å². The zero-order valence-electron chi connectivity index (χ0n) is 9.55. The van der Waals surface area contributed by atoms with Gasteiger partial charge in [-0.15, -0.1) is 0 Å². The summed E-state index contributed by atoms with van der Waals surface area (Å²) in [5.74, 6) is -2.09. The van der Waals surface area contributed by atoms with E-state index >= 15 is 0 Å². The summed E-state index contributed by atoms with van der Waals surface area (Å²) < 4.78 is 39.6. The van der Waals surface area contributed by atoms with Crippen molar-refractivity contribution in [2.75, 3.05) is 5.32 Å². The van der Waals surface area contributed by atoms with E-state index in [0.29, 0.717) is 0 Å². The minimum atomic E-state index is -0.775. The van der Waals surface area contributed by atoms with Crippen molar-refractivity contribution in [3.05, 3.63) is 57.8 Å². The summed E-state index contributed by atoms with van der Waals surface area (Å²) in [5, 5.41) is 12.2. The summed E-state index contributed by atoms with van der Waals surface area (Å²) >= 11 is 3.03. The SMILES string of the molecule is Oc1ccc(F)cc1CNc1c(F)cc(F)cc1Br. The van der Waals surface area contributed by atoms with E-state index in [4.69, 9.17) is 0 Å². The van der Waals surface area contributed by atoms with Gasteiger partial charge in [0.1, 0.15) is 23.2 Å². The van der Waals surface area contributed by atoms with Gasteiger partial charge < -0.3 is 10.4 Å². The van der Waals surface area contributed by atoms with Crippen LogP contribution in [0.4, 0.5) is 18.9 Å². The van der Waals surface area contributed by atoms with Gasteiger partial charge in [0, 0.05) is 22.6 Å². The maximum Gasteiger partial charge on any atom is 0.150 e. The molecular formula is C13H9BrF3NO. The van der Waals surface area contributed by atoms with Crippen molar-refractivity contribution in [2.45, 2.75) is 6.54 Å². The first kappa shape index (κ1) is 13.7. The summed E-state index contributed by atoms with van der Waals surface area (Å²) in [7, 11) is 0. The van der Waals surface area contributed by atoms with Crippen molar-refractivity contribution in [2.24, 2.45) is 0 Å². The van der Waals surface area contributed by atoms with Crippen LogP contribution in [-0.2, 0) is 6.54 Å². The molecule has 0 spiro atoms. The quantitative estimate of drug-likeness (QED) is 0.884. The molecular weight excluding hydrogens is 323 g/mol. The number of halogens is 4. The largest absolute Gasteiger partial charge is 0.508 e. The number of hydrogen-bond acceptors (Lipinski definition) is 2. The van der Waals surface area contributed by atoms with Crippen molar-refractivity contribution < 1.29 is 18.3 Å². The molecule has 2 N–H and O–H groups in total. The number of phenolic OH excluding ortho intramolecular Hbond substituents is 1. The predicted molar refractivity (Wildman–Crippen MR) is 69.4 cm³/mol. The molecule has 0 saturated carbocycles. The number of benzene rings is 2. The van der Waals surface area contributed by atoms with E-state index in [1.165, 1.54) is 6.07 Å². The Morgan fingerprint density at radius 1 is 1.05 bits per heavy atom. The second kappa shape index (κ2) is 5.52. The second-order valence-corrected chi connectivity index (χ2v) is 4.73. The number of aromatic hydroxyl groups is 1. The third-order valence-corrected chi connectivity index (χ3v) is 3.13. The van der Waals surface area contributed by atoms with Gasteiger partial charge in [0.05, 0.1) is 5.69 Å². The summed E-state index contributed by atoms with van der Waals surface area (Å²) in [6.07, 6.45) is 0. The molecule has 0 amide bonds. The van der Waals surface area contributed by atoms with Crippen LogP contribution in [-0.4, -0.2) is 5.11 Å². The molecule has 0 atom stereocenters. The average molecular weight is 332 g/mol. The fourth-order valence-electron chi connectivity index (χ4n) is 1.59. The number of phenols is 1. The molecule has 2 nitrogen and oxygen atoms in total. The normalized spacial score (nSPS) is 10.5. The van der Waals surface area contributed by atoms with E-state index in [-0.39, 0.29) is 28.0 Å². The van der Waals surface area contributed by atoms with Gasteiger partial charge in [0.15, 0.2) is 0 Å². The topological polar surface area (TPSA) is 32.3 Å². The Kier molecular flexibility index (Phi) is 3.99. The number of rotatable bonds is 3. The number of anilines is 1. The highest BCUT2D eigenvalue weighted by atomic mass is 79.9. The maximum atomic E-state index is 13.5. The molecule has 19 heavy (non-hydrogen) atoms. The van der Waals surface area contributed by atoms with Gasteiger partial charge in [-0.1, -0.05) is 0 Å². The van der Waals surface area contributed by atoms with Gasteiger partial charge in [-0.05, 0) is 40.2 Å². The third-order valence-electron chi connectivity index (χ3n) is 2.50. The number of nitrogens with one attached hydrogen (secondary N) is 1. The molecule has 0 radical (unpaired) electrons. The Morgan fingerprint density at radius 2 is 1.79 bits per heavy atom. The van der Waals surface area contributed by atoms with Gasteiger partial charge in [-0.25, -0.2) is 13.2 Å². The van der Waals surface area contributed by atoms with E-state index in [0.717, 1.165) is 24.3 Å². The first-order chi connectivity index (χ1) is 8.97. The van der Waals surface area contributed by atoms with Crippen LogP contribution in [0.15, 0.2) is 34.8 Å². The molecule has 100 valence electrons. The van der Waals surface area contributed by atoms with Crippen molar-refractivity contribution in [3.8, 4) is 5.75 Å². The molecule has 6 heteroatoms. The molecule has 2 aromatic rings. The fraction of sp³-hybridized carbons (Fsp3) is 0.0769. The van der Waals surface area contributed by atoms with E-state index in [1.807, 2.05) is 0 Å². The minimum Gasteiger partial charge on any atom is -0.508 e. The maximum absolute atomic E-state index is 13.5. The summed E-state index contributed by atoms with van der Waals surface area (Å²) in [5.41, 5.74) is 0.320. The molecule has 0 aliphatic rings. The van der Waals surface area contributed by atoms with E-state index in [9.17, 15) is 18.3 Å². The Bertz CT molecular complexity index is 596. The van der Waals surface area contributed by atoms with Crippen LogP contribution in [0, 0.1) is 17.5 Å². The average Bonchev–Trinajstić information content (AvgIpc) is 2.32. The van der Waals surface area contributed by atoms with Crippen LogP contribution in [0.2, 0.25) is 0 Å². The number of hydrogen-bond donors (Lipinski definition) is 2. The van der Waals surface area contributed by atoms with Crippen LogP contribution in [0.3, 0.4) is 0 Å². The fourth-order valence-corrected chi connectivity index (χ4v) is 2.14. The predicted octanol–water partition coefficient (Wildman–Crippen LogP) is 4.18. The highest BCUT2D eigenvalue weighted by molar-refractivity contribution is 9.10. The van der Waals surface area contributed by atoms with Crippen molar-refractivity contribution >= 4 is 21.6 Å². The van der Waals surface area contributed by atoms with E-state index < -0.39 is 17.5 Å². The third kappa shape index (κ3) is 3.20. The molecule has 0 aliphatic carbocycles. The lowest BCUT2D eigenvalue weighted by Crippen LogP contribution is -2.03. The van der Waals surface area contributed by atoms with Crippen LogP contribution < -0.4 is 5.32 Å². The molecule has 0 unspecified atom stereocenters. The first-order valence-electron chi connectivity index (χ1n) is 5.33. The highest BCUT2D eigenvalue weighted by Gasteiger charge is 2.10. The smallest absolute Gasteiger partial charge is 0.150 e. The van der Waals surface area contributed by atoms with Gasteiger partial charge in [0.2, 0.25) is 0 Å². The minimum absolute atomic E-state index is 0.00471. The molecule has 2 rings (SSSR count). The zero-order valence-corrected chi connectivity index (χ0v) is 11.1. The lowest BCUT2D eigenvalue weighted by molar-refractivity contribution is 0.466. The molecule has 0 aliphatic heterocycles. The van der Waals surface area contributed by atoms with Crippen molar-refractivity contribution in [1.29, 1.82) is 0 Å². The van der Waals surface area contributed by atoms with Crippen molar-refractivity contribution in [1.82, 2.24) is 0 Å². The molecule has 0 fully saturated rings. The zero-order chi connectivity index (χ0) is 14.0. The monoisotopic (exact) mass is 331 g/mol. The standard InChI is InChI=1S/C13H9BrF3NO/c14-10-4-9(16)5-11(17)13(10)18-6-7-3-8(15)1-2-12(7)19/h1-5,18-19H,6H2. The first-order valence-corrected chi connectivity index (χ1v) is 6.12. The second-order valence-electron chi connectivity index (χ2n) is 3.87. The molecule has 0 saturated heterocycles. The lowest BCUT2D eigenvalue weighted by atomic mass is 10.2. The molecule has 0 aromatic heterocycles. The lowest BCUT2D eigenvalue weighted by Gasteiger charge is -2.11. The summed E-state index contributed by atoms with van der Waals surface area (Å²) in [6, 6.07) is 5.31. The van der Waals surface area contributed by atoms with E-state index in [1.54, 1.807) is 0 Å². The Morgan fingerprint density at radius 3 is 2.47 bits per heavy atom. The van der Waals surface area contributed by atoms with Gasteiger partial charge in [0.25, 0.3) is 0 Å². The highest BCUT2D eigenvalue weighted by Crippen LogP contribution is 2.28. The summed E-state index contributed by atoms with van der Waals surface area (Å²) in [4.78, 5) is 0. The molecule has 2 aromatic carbocycles. The van der Waals surface area contributed by atoms with Gasteiger partial charge in [-0.3, -0.25) is 0 Å². The van der Waals surface area contributed by atoms with Crippen LogP contribution in [0.25, 0.3) is 0 Å². The van der Waals surface area contributed by atoms with Crippen LogP contribution in [0.1, 0.15) is 5.56 Å². The Labute approximate surface area is 116 Å². The molecule has 0 bridgehead atoms. The van der Waals surface area contributed by atoms with Gasteiger partial charge >= 0.3 is 0 Å². The van der Waals surface area contributed by atoms with Crippen molar-refractivity contribution in [3.63, 3.8) is 0 Å².